The van der Waals surface area contributed by atoms with Gasteiger partial charge in [-0.15, -0.1) is 0 Å². The molecule has 63 heavy (non-hydrogen) atoms. The Hall–Kier alpha value is -8.20. The second-order valence-electron chi connectivity index (χ2n) is 16.8. The van der Waals surface area contributed by atoms with Crippen LogP contribution in [0.2, 0.25) is 0 Å². The van der Waals surface area contributed by atoms with E-state index in [1.165, 1.54) is 88.6 Å². The van der Waals surface area contributed by atoms with Crippen molar-refractivity contribution in [1.29, 1.82) is 0 Å². The molecule has 2 heteroatoms. The summed E-state index contributed by atoms with van der Waals surface area (Å²) in [6.07, 6.45) is 0. The van der Waals surface area contributed by atoms with Crippen molar-refractivity contribution in [2.24, 2.45) is 0 Å². The predicted octanol–water partition coefficient (Wildman–Crippen LogP) is 15.9. The van der Waals surface area contributed by atoms with Crippen molar-refractivity contribution in [3.05, 3.63) is 265 Å². The SMILES string of the molecule is c1ccc(-c2ccc(N(c3ccc(-c4cccc5c4-c4ccccc4C54c5ccccc5-c5ccccc54)cc3)c3ccc4c(c3)c3ccccc3n4-c3ccccc3)cc2)cc1. The van der Waals surface area contributed by atoms with E-state index in [-0.39, 0.29) is 5.41 Å². The Kier molecular flexibility index (Phi) is 7.85. The molecule has 10 aromatic carbocycles. The van der Waals surface area contributed by atoms with Gasteiger partial charge in [-0.2, -0.15) is 0 Å². The molecule has 0 bridgehead atoms. The highest BCUT2D eigenvalue weighted by Crippen LogP contribution is 2.64. The van der Waals surface area contributed by atoms with Crippen molar-refractivity contribution in [3.8, 4) is 50.2 Å². The van der Waals surface area contributed by atoms with Crippen molar-refractivity contribution < 1.29 is 0 Å². The first kappa shape index (κ1) is 35.5. The number of nitrogens with zero attached hydrogens (tertiary/aromatic N) is 2. The van der Waals surface area contributed by atoms with Crippen LogP contribution in [0.15, 0.2) is 243 Å². The summed E-state index contributed by atoms with van der Waals surface area (Å²) in [7, 11) is 0. The fourth-order valence-electron chi connectivity index (χ4n) is 11.0. The Morgan fingerprint density at radius 3 is 1.46 bits per heavy atom. The van der Waals surface area contributed by atoms with Gasteiger partial charge in [-0.3, -0.25) is 0 Å². The lowest BCUT2D eigenvalue weighted by molar-refractivity contribution is 0.794. The van der Waals surface area contributed by atoms with E-state index < -0.39 is 0 Å². The molecule has 0 N–H and O–H groups in total. The van der Waals surface area contributed by atoms with Gasteiger partial charge in [-0.25, -0.2) is 0 Å². The number of benzene rings is 10. The third-order valence-electron chi connectivity index (χ3n) is 13.6. The highest BCUT2D eigenvalue weighted by Gasteiger charge is 2.51. The maximum atomic E-state index is 2.40. The molecule has 13 rings (SSSR count). The molecule has 0 unspecified atom stereocenters. The zero-order valence-electron chi connectivity index (χ0n) is 34.5. The van der Waals surface area contributed by atoms with Crippen LogP contribution in [0.1, 0.15) is 22.3 Å². The molecule has 0 saturated carbocycles. The Morgan fingerprint density at radius 1 is 0.302 bits per heavy atom. The van der Waals surface area contributed by atoms with Crippen molar-refractivity contribution in [2.45, 2.75) is 5.41 Å². The van der Waals surface area contributed by atoms with Crippen LogP contribution < -0.4 is 4.90 Å². The number of anilines is 3. The Bertz CT molecular complexity index is 3500. The van der Waals surface area contributed by atoms with Crippen LogP contribution in [0.3, 0.4) is 0 Å². The lowest BCUT2D eigenvalue weighted by Crippen LogP contribution is -2.25. The molecule has 2 nitrogen and oxygen atoms in total. The highest BCUT2D eigenvalue weighted by molar-refractivity contribution is 6.11. The van der Waals surface area contributed by atoms with Crippen molar-refractivity contribution in [1.82, 2.24) is 4.57 Å². The summed E-state index contributed by atoms with van der Waals surface area (Å²) < 4.78 is 2.38. The van der Waals surface area contributed by atoms with Gasteiger partial charge in [-0.1, -0.05) is 182 Å². The number of hydrogen-bond acceptors (Lipinski definition) is 1. The number of para-hydroxylation sites is 2. The van der Waals surface area contributed by atoms with Gasteiger partial charge >= 0.3 is 0 Å². The number of aromatic nitrogens is 1. The lowest BCUT2D eigenvalue weighted by Gasteiger charge is -2.30. The number of hydrogen-bond donors (Lipinski definition) is 0. The van der Waals surface area contributed by atoms with E-state index in [1.54, 1.807) is 0 Å². The van der Waals surface area contributed by atoms with Gasteiger partial charge in [0.25, 0.3) is 0 Å². The summed E-state index contributed by atoms with van der Waals surface area (Å²) >= 11 is 0. The second-order valence-corrected chi connectivity index (χ2v) is 16.8. The summed E-state index contributed by atoms with van der Waals surface area (Å²) in [6.45, 7) is 0. The molecule has 0 amide bonds. The predicted molar refractivity (Wildman–Crippen MR) is 263 cm³/mol. The third kappa shape index (κ3) is 5.19. The molecule has 2 aliphatic carbocycles. The molecule has 0 fully saturated rings. The highest BCUT2D eigenvalue weighted by atomic mass is 15.1. The van der Waals surface area contributed by atoms with Gasteiger partial charge in [0.05, 0.1) is 16.4 Å². The van der Waals surface area contributed by atoms with Gasteiger partial charge in [0.15, 0.2) is 0 Å². The summed E-state index contributed by atoms with van der Waals surface area (Å²) in [6, 6.07) is 89.3. The van der Waals surface area contributed by atoms with Crippen LogP contribution in [0.25, 0.3) is 72.0 Å². The minimum absolute atomic E-state index is 0.375. The minimum atomic E-state index is -0.375. The molecule has 0 radical (unpaired) electrons. The quantitative estimate of drug-likeness (QED) is 0.163. The topological polar surface area (TPSA) is 8.17 Å². The fraction of sp³-hybridized carbons (Fsp3) is 0.0164. The maximum absolute atomic E-state index is 2.40. The molecule has 0 saturated heterocycles. The molecule has 1 aromatic heterocycles. The van der Waals surface area contributed by atoms with Gasteiger partial charge in [0, 0.05) is 33.5 Å². The largest absolute Gasteiger partial charge is 0.310 e. The van der Waals surface area contributed by atoms with E-state index in [2.05, 4.69) is 252 Å². The van der Waals surface area contributed by atoms with E-state index >= 15 is 0 Å². The van der Waals surface area contributed by atoms with E-state index in [0.717, 1.165) is 22.7 Å². The van der Waals surface area contributed by atoms with E-state index in [1.807, 2.05) is 0 Å². The van der Waals surface area contributed by atoms with E-state index in [0.29, 0.717) is 0 Å². The van der Waals surface area contributed by atoms with Crippen molar-refractivity contribution >= 4 is 38.9 Å². The van der Waals surface area contributed by atoms with Crippen LogP contribution in [-0.2, 0) is 5.41 Å². The molecule has 0 aliphatic heterocycles. The van der Waals surface area contributed by atoms with E-state index in [9.17, 15) is 0 Å². The Balaban J connectivity index is 0.971. The smallest absolute Gasteiger partial charge is 0.0725 e. The molecule has 294 valence electrons. The molecule has 2 aliphatic rings. The number of fused-ring (bicyclic) bond motifs is 13. The summed E-state index contributed by atoms with van der Waals surface area (Å²) in [5.41, 5.74) is 22.0. The Labute approximate surface area is 367 Å². The van der Waals surface area contributed by atoms with Gasteiger partial charge < -0.3 is 9.47 Å². The molecule has 0 atom stereocenters. The second kappa shape index (κ2) is 13.9. The van der Waals surface area contributed by atoms with Crippen molar-refractivity contribution in [2.75, 3.05) is 4.90 Å². The molecule has 1 heterocycles. The first-order valence-electron chi connectivity index (χ1n) is 21.8. The van der Waals surface area contributed by atoms with Crippen LogP contribution in [0.5, 0.6) is 0 Å². The maximum Gasteiger partial charge on any atom is 0.0725 e. The Morgan fingerprint density at radius 2 is 0.778 bits per heavy atom. The van der Waals surface area contributed by atoms with Gasteiger partial charge in [0.1, 0.15) is 0 Å². The zero-order chi connectivity index (χ0) is 41.5. The molecular formula is C61H40N2. The van der Waals surface area contributed by atoms with Gasteiger partial charge in [0.2, 0.25) is 0 Å². The van der Waals surface area contributed by atoms with Gasteiger partial charge in [-0.05, 0) is 127 Å². The molecule has 11 aromatic rings. The first-order valence-corrected chi connectivity index (χ1v) is 21.8. The summed E-state index contributed by atoms with van der Waals surface area (Å²) in [5.74, 6) is 0. The van der Waals surface area contributed by atoms with Crippen LogP contribution in [-0.4, -0.2) is 4.57 Å². The molecular weight excluding hydrogens is 761 g/mol. The normalized spacial score (nSPS) is 12.9. The zero-order valence-corrected chi connectivity index (χ0v) is 34.5. The van der Waals surface area contributed by atoms with Crippen molar-refractivity contribution in [3.63, 3.8) is 0 Å². The number of rotatable bonds is 6. The van der Waals surface area contributed by atoms with Crippen LogP contribution in [0.4, 0.5) is 17.1 Å². The van der Waals surface area contributed by atoms with E-state index in [4.69, 9.17) is 0 Å². The van der Waals surface area contributed by atoms with Crippen LogP contribution >= 0.6 is 0 Å². The summed E-state index contributed by atoms with van der Waals surface area (Å²) in [4.78, 5) is 2.40. The summed E-state index contributed by atoms with van der Waals surface area (Å²) in [5, 5.41) is 2.45. The van der Waals surface area contributed by atoms with Crippen LogP contribution in [0, 0.1) is 0 Å². The minimum Gasteiger partial charge on any atom is -0.310 e. The molecule has 1 spiro atoms. The standard InChI is InChI=1S/C61H40N2/c1-3-16-41(17-4-1)42-30-34-45(35-31-42)62(47-38-39-59-53(40-47)51-22-10-14-29-58(51)63(59)44-18-5-2-6-19-44)46-36-32-43(33-37-46)48-24-15-28-57-60(48)52-23-9-13-27-56(52)61(57)54-25-11-7-20-49(54)50-21-8-12-26-55(50)61/h1-40H. The monoisotopic (exact) mass is 800 g/mol. The third-order valence-corrected chi connectivity index (χ3v) is 13.6. The lowest BCUT2D eigenvalue weighted by atomic mass is 9.70. The fourth-order valence-corrected chi connectivity index (χ4v) is 11.0. The average molecular weight is 801 g/mol. The average Bonchev–Trinajstić information content (AvgIpc) is 3.97. The first-order chi connectivity index (χ1) is 31.3.